The van der Waals surface area contributed by atoms with E-state index in [1.807, 2.05) is 49.4 Å². The van der Waals surface area contributed by atoms with Crippen LogP contribution >= 0.6 is 15.9 Å². The van der Waals surface area contributed by atoms with Crippen LogP contribution < -0.4 is 4.74 Å². The lowest BCUT2D eigenvalue weighted by molar-refractivity contribution is 0.276. The molecule has 88 valence electrons. The summed E-state index contributed by atoms with van der Waals surface area (Å²) in [5, 5.41) is 9.25. The quantitative estimate of drug-likeness (QED) is 0.925. The number of aryl methyl sites for hydroxylation is 1. The molecular formula is C14H13BrO2. The molecule has 0 atom stereocenters. The van der Waals surface area contributed by atoms with Crippen molar-refractivity contribution in [3.8, 4) is 11.5 Å². The first-order chi connectivity index (χ1) is 8.19. The minimum atomic E-state index is -0.0333. The summed E-state index contributed by atoms with van der Waals surface area (Å²) in [6.07, 6.45) is 0. The number of aliphatic hydroxyl groups is 1. The van der Waals surface area contributed by atoms with Gasteiger partial charge in [-0.2, -0.15) is 0 Å². The topological polar surface area (TPSA) is 29.5 Å². The van der Waals surface area contributed by atoms with Gasteiger partial charge < -0.3 is 9.84 Å². The van der Waals surface area contributed by atoms with E-state index in [-0.39, 0.29) is 6.61 Å². The Hall–Kier alpha value is -1.32. The van der Waals surface area contributed by atoms with Crippen molar-refractivity contribution in [3.05, 3.63) is 58.1 Å². The van der Waals surface area contributed by atoms with Gasteiger partial charge in [0.1, 0.15) is 11.5 Å². The molecule has 1 N–H and O–H groups in total. The van der Waals surface area contributed by atoms with Crippen molar-refractivity contribution in [2.24, 2.45) is 0 Å². The molecule has 2 nitrogen and oxygen atoms in total. The van der Waals surface area contributed by atoms with Crippen LogP contribution in [-0.4, -0.2) is 5.11 Å². The second-order valence-corrected chi connectivity index (χ2v) is 4.74. The third-order valence-electron chi connectivity index (χ3n) is 2.42. The van der Waals surface area contributed by atoms with E-state index in [2.05, 4.69) is 15.9 Å². The molecule has 0 aliphatic carbocycles. The van der Waals surface area contributed by atoms with Gasteiger partial charge in [-0.05, 0) is 36.8 Å². The molecule has 3 heteroatoms. The Morgan fingerprint density at radius 3 is 2.71 bits per heavy atom. The highest BCUT2D eigenvalue weighted by Crippen LogP contribution is 2.29. The van der Waals surface area contributed by atoms with Crippen molar-refractivity contribution in [1.82, 2.24) is 0 Å². The van der Waals surface area contributed by atoms with Gasteiger partial charge in [0.25, 0.3) is 0 Å². The zero-order valence-electron chi connectivity index (χ0n) is 9.48. The second-order valence-electron chi connectivity index (χ2n) is 3.83. The van der Waals surface area contributed by atoms with Gasteiger partial charge in [0, 0.05) is 10.0 Å². The molecular weight excluding hydrogens is 280 g/mol. The predicted molar refractivity (Wildman–Crippen MR) is 71.3 cm³/mol. The monoisotopic (exact) mass is 292 g/mol. The summed E-state index contributed by atoms with van der Waals surface area (Å²) >= 11 is 3.39. The molecule has 0 aromatic heterocycles. The number of rotatable bonds is 3. The van der Waals surface area contributed by atoms with Crippen LogP contribution in [-0.2, 0) is 6.61 Å². The lowest BCUT2D eigenvalue weighted by Gasteiger charge is -2.10. The number of aliphatic hydroxyl groups excluding tert-OH is 1. The van der Waals surface area contributed by atoms with E-state index in [0.29, 0.717) is 5.75 Å². The summed E-state index contributed by atoms with van der Waals surface area (Å²) in [6.45, 7) is 1.98. The van der Waals surface area contributed by atoms with Crippen LogP contribution in [0.2, 0.25) is 0 Å². The molecule has 0 aliphatic rings. The summed E-state index contributed by atoms with van der Waals surface area (Å²) in [6, 6.07) is 13.4. The summed E-state index contributed by atoms with van der Waals surface area (Å²) in [4.78, 5) is 0. The van der Waals surface area contributed by atoms with Gasteiger partial charge in [-0.25, -0.2) is 0 Å². The third kappa shape index (κ3) is 3.08. The molecule has 0 fully saturated rings. The van der Waals surface area contributed by atoms with Crippen LogP contribution in [0.15, 0.2) is 46.9 Å². The van der Waals surface area contributed by atoms with Crippen LogP contribution in [0.4, 0.5) is 0 Å². The fourth-order valence-corrected chi connectivity index (χ4v) is 1.90. The molecule has 2 aromatic carbocycles. The van der Waals surface area contributed by atoms with Crippen molar-refractivity contribution in [1.29, 1.82) is 0 Å². The minimum Gasteiger partial charge on any atom is -0.457 e. The summed E-state index contributed by atoms with van der Waals surface area (Å²) in [5.74, 6) is 1.45. The highest BCUT2D eigenvalue weighted by Gasteiger charge is 2.05. The van der Waals surface area contributed by atoms with Gasteiger partial charge in [-0.15, -0.1) is 0 Å². The summed E-state index contributed by atoms with van der Waals surface area (Å²) in [5.41, 5.74) is 1.91. The van der Waals surface area contributed by atoms with Crippen molar-refractivity contribution < 1.29 is 9.84 Å². The number of hydrogen-bond donors (Lipinski definition) is 1. The second kappa shape index (κ2) is 5.34. The molecule has 0 amide bonds. The maximum atomic E-state index is 9.25. The number of hydrogen-bond acceptors (Lipinski definition) is 2. The summed E-state index contributed by atoms with van der Waals surface area (Å²) in [7, 11) is 0. The Morgan fingerprint density at radius 1 is 1.18 bits per heavy atom. The van der Waals surface area contributed by atoms with E-state index in [9.17, 15) is 5.11 Å². The molecule has 0 unspecified atom stereocenters. The van der Waals surface area contributed by atoms with Crippen LogP contribution in [0.3, 0.4) is 0 Å². The molecule has 0 saturated carbocycles. The van der Waals surface area contributed by atoms with Crippen molar-refractivity contribution in [2.45, 2.75) is 13.5 Å². The normalized spacial score (nSPS) is 10.3. The Balaban J connectivity index is 2.32. The average Bonchev–Trinajstić information content (AvgIpc) is 2.29. The molecule has 17 heavy (non-hydrogen) atoms. The van der Waals surface area contributed by atoms with Crippen LogP contribution in [0.5, 0.6) is 11.5 Å². The standard InChI is InChI=1S/C14H13BrO2/c1-10-3-2-4-13(7-10)17-14-8-12(15)6-5-11(14)9-16/h2-8,16H,9H2,1H3. The molecule has 0 heterocycles. The Labute approximate surface area is 109 Å². The van der Waals surface area contributed by atoms with Gasteiger partial charge in [0.15, 0.2) is 0 Å². The highest BCUT2D eigenvalue weighted by atomic mass is 79.9. The van der Waals surface area contributed by atoms with E-state index in [0.717, 1.165) is 21.3 Å². The molecule has 0 radical (unpaired) electrons. The number of benzene rings is 2. The first kappa shape index (κ1) is 12.1. The summed E-state index contributed by atoms with van der Waals surface area (Å²) < 4.78 is 6.70. The molecule has 0 saturated heterocycles. The minimum absolute atomic E-state index is 0.0333. The van der Waals surface area contributed by atoms with Gasteiger partial charge in [-0.1, -0.05) is 34.1 Å². The van der Waals surface area contributed by atoms with Crippen molar-refractivity contribution >= 4 is 15.9 Å². The van der Waals surface area contributed by atoms with Crippen molar-refractivity contribution in [3.63, 3.8) is 0 Å². The van der Waals surface area contributed by atoms with Crippen LogP contribution in [0.25, 0.3) is 0 Å². The maximum absolute atomic E-state index is 9.25. The van der Waals surface area contributed by atoms with Crippen molar-refractivity contribution in [2.75, 3.05) is 0 Å². The van der Waals surface area contributed by atoms with E-state index in [1.54, 1.807) is 0 Å². The van der Waals surface area contributed by atoms with Gasteiger partial charge >= 0.3 is 0 Å². The smallest absolute Gasteiger partial charge is 0.134 e. The average molecular weight is 293 g/mol. The fraction of sp³-hybridized carbons (Fsp3) is 0.143. The Bertz CT molecular complexity index is 523. The Kier molecular flexibility index (Phi) is 3.82. The molecule has 0 aliphatic heterocycles. The first-order valence-electron chi connectivity index (χ1n) is 5.33. The van der Waals surface area contributed by atoms with Crippen LogP contribution in [0.1, 0.15) is 11.1 Å². The zero-order chi connectivity index (χ0) is 12.3. The number of halogens is 1. The predicted octanol–water partition coefficient (Wildman–Crippen LogP) is 4.04. The van der Waals surface area contributed by atoms with Gasteiger partial charge in [-0.3, -0.25) is 0 Å². The molecule has 2 aromatic rings. The number of ether oxygens (including phenoxy) is 1. The van der Waals surface area contributed by atoms with E-state index < -0.39 is 0 Å². The SMILES string of the molecule is Cc1cccc(Oc2cc(Br)ccc2CO)c1. The van der Waals surface area contributed by atoms with Gasteiger partial charge in [0.2, 0.25) is 0 Å². The zero-order valence-corrected chi connectivity index (χ0v) is 11.1. The first-order valence-corrected chi connectivity index (χ1v) is 6.12. The molecule has 0 bridgehead atoms. The lowest BCUT2D eigenvalue weighted by atomic mass is 10.2. The molecule has 2 rings (SSSR count). The van der Waals surface area contributed by atoms with E-state index in [4.69, 9.17) is 4.74 Å². The van der Waals surface area contributed by atoms with E-state index >= 15 is 0 Å². The maximum Gasteiger partial charge on any atom is 0.134 e. The fourth-order valence-electron chi connectivity index (χ4n) is 1.56. The Morgan fingerprint density at radius 2 is 2.00 bits per heavy atom. The molecule has 0 spiro atoms. The van der Waals surface area contributed by atoms with Crippen LogP contribution in [0, 0.1) is 6.92 Å². The largest absolute Gasteiger partial charge is 0.457 e. The van der Waals surface area contributed by atoms with E-state index in [1.165, 1.54) is 0 Å². The highest BCUT2D eigenvalue weighted by molar-refractivity contribution is 9.10. The van der Waals surface area contributed by atoms with Gasteiger partial charge in [0.05, 0.1) is 6.61 Å². The third-order valence-corrected chi connectivity index (χ3v) is 2.91. The lowest BCUT2D eigenvalue weighted by Crippen LogP contribution is -1.92.